The molecule has 1 heterocycles. The molecule has 1 amide bonds. The third-order valence-electron chi connectivity index (χ3n) is 2.56. The van der Waals surface area contributed by atoms with Crippen LogP contribution in [0.1, 0.15) is 20.8 Å². The van der Waals surface area contributed by atoms with E-state index in [9.17, 15) is 14.9 Å². The summed E-state index contributed by atoms with van der Waals surface area (Å²) in [5.41, 5.74) is -0.608. The number of aliphatic imine (C=N–C) groups is 1. The van der Waals surface area contributed by atoms with Crippen molar-refractivity contribution < 1.29 is 19.3 Å². The monoisotopic (exact) mass is 303 g/mol. The molecule has 1 aliphatic heterocycles. The lowest BCUT2D eigenvalue weighted by Gasteiger charge is -2.22. The summed E-state index contributed by atoms with van der Waals surface area (Å²) in [5.74, 6) is 4.94. The lowest BCUT2D eigenvalue weighted by atomic mass is 10.2. The highest BCUT2D eigenvalue weighted by Gasteiger charge is 2.31. The predicted molar refractivity (Wildman–Crippen MR) is 74.2 cm³/mol. The molecule has 21 heavy (non-hydrogen) atoms. The Morgan fingerprint density at radius 2 is 2.29 bits per heavy atom. The summed E-state index contributed by atoms with van der Waals surface area (Å²) in [6.07, 6.45) is -1.21. The smallest absolute Gasteiger partial charge is 0.425 e. The Balaban J connectivity index is 2.44. The predicted octanol–water partition coefficient (Wildman–Crippen LogP) is -0.282. The molecule has 1 unspecified atom stereocenters. The van der Waals surface area contributed by atoms with Gasteiger partial charge in [-0.2, -0.15) is 0 Å². The van der Waals surface area contributed by atoms with E-state index in [1.807, 2.05) is 0 Å². The van der Waals surface area contributed by atoms with Gasteiger partial charge in [-0.25, -0.2) is 10.7 Å². The Morgan fingerprint density at radius 1 is 1.62 bits per heavy atom. The number of carbonyl (C=O) groups excluding carboxylic acids is 1. The second kappa shape index (κ2) is 7.18. The standard InChI is InChI=1S/C11H21N5O5/c1-11(2,3)20-10(17)14-6-8(21-12)7-15-5-4-13-9(15)16(18)19/h8H,4-7,12H2,1-3H3,(H,14,17). The maximum absolute atomic E-state index is 11.5. The third kappa shape index (κ3) is 5.92. The highest BCUT2D eigenvalue weighted by atomic mass is 16.6. The molecular weight excluding hydrogens is 282 g/mol. The first kappa shape index (κ1) is 17.1. The number of nitrogens with one attached hydrogen (secondary N) is 1. The van der Waals surface area contributed by atoms with Crippen LogP contribution < -0.4 is 11.2 Å². The number of alkyl carbamates (subject to hydrolysis) is 1. The topological polar surface area (TPSA) is 132 Å². The van der Waals surface area contributed by atoms with E-state index in [1.54, 1.807) is 20.8 Å². The van der Waals surface area contributed by atoms with Crippen LogP contribution in [0, 0.1) is 10.1 Å². The van der Waals surface area contributed by atoms with Crippen LogP contribution in [-0.4, -0.2) is 59.8 Å². The van der Waals surface area contributed by atoms with E-state index in [1.165, 1.54) is 4.90 Å². The van der Waals surface area contributed by atoms with Crippen molar-refractivity contribution in [2.24, 2.45) is 10.9 Å². The average molecular weight is 303 g/mol. The summed E-state index contributed by atoms with van der Waals surface area (Å²) < 4.78 is 5.07. The first-order valence-corrected chi connectivity index (χ1v) is 6.49. The van der Waals surface area contributed by atoms with E-state index in [4.69, 9.17) is 15.5 Å². The van der Waals surface area contributed by atoms with E-state index in [-0.39, 0.29) is 19.0 Å². The Kier molecular flexibility index (Phi) is 5.85. The van der Waals surface area contributed by atoms with Gasteiger partial charge in [0, 0.05) is 0 Å². The molecule has 0 aliphatic carbocycles. The third-order valence-corrected chi connectivity index (χ3v) is 2.56. The molecule has 0 aromatic rings. The zero-order chi connectivity index (χ0) is 16.0. The SMILES string of the molecule is CC(C)(C)OC(=O)NCC(CN1CCN=C1[N+](=O)[O-])ON. The maximum Gasteiger partial charge on any atom is 0.425 e. The van der Waals surface area contributed by atoms with Gasteiger partial charge in [0.15, 0.2) is 0 Å². The Morgan fingerprint density at radius 3 is 2.81 bits per heavy atom. The molecule has 0 spiro atoms. The number of hydrogen-bond donors (Lipinski definition) is 2. The molecule has 0 radical (unpaired) electrons. The quantitative estimate of drug-likeness (QED) is 0.527. The lowest BCUT2D eigenvalue weighted by molar-refractivity contribution is -0.363. The van der Waals surface area contributed by atoms with Crippen molar-refractivity contribution >= 4 is 12.1 Å². The Labute approximate surface area is 122 Å². The fourth-order valence-electron chi connectivity index (χ4n) is 1.73. The second-order valence-corrected chi connectivity index (χ2v) is 5.53. The maximum atomic E-state index is 11.5. The lowest BCUT2D eigenvalue weighted by Crippen LogP contribution is -2.46. The van der Waals surface area contributed by atoms with Crippen LogP contribution in [0.3, 0.4) is 0 Å². The molecule has 3 N–H and O–H groups in total. The van der Waals surface area contributed by atoms with Crippen LogP contribution in [0.5, 0.6) is 0 Å². The molecule has 0 bridgehead atoms. The first-order valence-electron chi connectivity index (χ1n) is 6.49. The number of hydrogen-bond acceptors (Lipinski definition) is 8. The summed E-state index contributed by atoms with van der Waals surface area (Å²) in [6.45, 7) is 6.24. The van der Waals surface area contributed by atoms with Gasteiger partial charge >= 0.3 is 12.1 Å². The molecule has 0 fully saturated rings. The second-order valence-electron chi connectivity index (χ2n) is 5.53. The number of ether oxygens (including phenoxy) is 1. The van der Waals surface area contributed by atoms with Crippen molar-refractivity contribution in [3.63, 3.8) is 0 Å². The summed E-state index contributed by atoms with van der Waals surface area (Å²) >= 11 is 0. The van der Waals surface area contributed by atoms with Gasteiger partial charge in [0.1, 0.15) is 24.8 Å². The summed E-state index contributed by atoms with van der Waals surface area (Å²) in [7, 11) is 0. The molecule has 10 heteroatoms. The van der Waals surface area contributed by atoms with E-state index in [0.717, 1.165) is 0 Å². The van der Waals surface area contributed by atoms with Crippen molar-refractivity contribution in [1.82, 2.24) is 10.2 Å². The van der Waals surface area contributed by atoms with Crippen LogP contribution in [0.25, 0.3) is 0 Å². The normalized spacial score (nSPS) is 16.4. The number of nitrogens with two attached hydrogens (primary N) is 1. The summed E-state index contributed by atoms with van der Waals surface area (Å²) in [5, 5.41) is 13.3. The molecule has 0 aromatic carbocycles. The minimum absolute atomic E-state index is 0.0763. The molecule has 1 aliphatic rings. The average Bonchev–Trinajstić information content (AvgIpc) is 2.80. The minimum atomic E-state index is -0.610. The zero-order valence-electron chi connectivity index (χ0n) is 12.4. The van der Waals surface area contributed by atoms with Crippen molar-refractivity contribution in [1.29, 1.82) is 0 Å². The van der Waals surface area contributed by atoms with Crippen LogP contribution in [0.4, 0.5) is 4.79 Å². The van der Waals surface area contributed by atoms with E-state index in [2.05, 4.69) is 10.3 Å². The Hall–Kier alpha value is -1.94. The highest BCUT2D eigenvalue weighted by molar-refractivity contribution is 5.73. The minimum Gasteiger partial charge on any atom is -0.444 e. The molecule has 120 valence electrons. The molecule has 0 saturated heterocycles. The number of amides is 1. The van der Waals surface area contributed by atoms with Crippen LogP contribution in [-0.2, 0) is 9.57 Å². The number of nitro groups is 1. The van der Waals surface area contributed by atoms with Crippen molar-refractivity contribution in [2.75, 3.05) is 26.2 Å². The van der Waals surface area contributed by atoms with Gasteiger partial charge in [-0.3, -0.25) is 9.74 Å². The molecule has 0 aromatic heterocycles. The molecule has 0 saturated carbocycles. The van der Waals surface area contributed by atoms with Crippen molar-refractivity contribution in [3.8, 4) is 0 Å². The van der Waals surface area contributed by atoms with Crippen LogP contribution >= 0.6 is 0 Å². The van der Waals surface area contributed by atoms with Gasteiger partial charge in [-0.15, -0.1) is 4.99 Å². The molecule has 10 nitrogen and oxygen atoms in total. The largest absolute Gasteiger partial charge is 0.444 e. The van der Waals surface area contributed by atoms with Crippen molar-refractivity contribution in [2.45, 2.75) is 32.5 Å². The zero-order valence-corrected chi connectivity index (χ0v) is 12.4. The molecular formula is C11H21N5O5. The van der Waals surface area contributed by atoms with Gasteiger partial charge in [-0.1, -0.05) is 0 Å². The van der Waals surface area contributed by atoms with Gasteiger partial charge in [-0.05, 0) is 25.7 Å². The molecule has 1 rings (SSSR count). The Bertz CT molecular complexity index is 420. The van der Waals surface area contributed by atoms with E-state index in [0.29, 0.717) is 13.1 Å². The number of guanidine groups is 1. The number of carbonyl (C=O) groups is 1. The first-order chi connectivity index (χ1) is 9.73. The number of nitrogens with zero attached hydrogens (tertiary/aromatic N) is 3. The van der Waals surface area contributed by atoms with Gasteiger partial charge in [0.2, 0.25) is 0 Å². The van der Waals surface area contributed by atoms with Crippen LogP contribution in [0.15, 0.2) is 4.99 Å². The number of rotatable bonds is 5. The fraction of sp³-hybridized carbons (Fsp3) is 0.818. The molecule has 1 atom stereocenters. The summed E-state index contributed by atoms with van der Waals surface area (Å²) in [6, 6.07) is 0. The van der Waals surface area contributed by atoms with Gasteiger partial charge in [0.05, 0.1) is 13.1 Å². The van der Waals surface area contributed by atoms with Gasteiger partial charge < -0.3 is 20.2 Å². The van der Waals surface area contributed by atoms with E-state index < -0.39 is 22.7 Å². The van der Waals surface area contributed by atoms with Crippen molar-refractivity contribution in [3.05, 3.63) is 10.1 Å². The van der Waals surface area contributed by atoms with Gasteiger partial charge in [0.25, 0.3) is 0 Å². The van der Waals surface area contributed by atoms with Crippen LogP contribution in [0.2, 0.25) is 0 Å². The highest BCUT2D eigenvalue weighted by Crippen LogP contribution is 2.07. The fourth-order valence-corrected chi connectivity index (χ4v) is 1.73. The summed E-state index contributed by atoms with van der Waals surface area (Å²) in [4.78, 5) is 31.7. The van der Waals surface area contributed by atoms with E-state index >= 15 is 0 Å².